The average Bonchev–Trinajstić information content (AvgIpc) is 2.77. The quantitative estimate of drug-likeness (QED) is 0.778. The number of amides is 1. The molecule has 1 fully saturated rings. The lowest BCUT2D eigenvalue weighted by atomic mass is 9.86. The molecule has 148 valence electrons. The lowest BCUT2D eigenvalue weighted by Crippen LogP contribution is -2.38. The second-order valence-corrected chi connectivity index (χ2v) is 7.56. The minimum Gasteiger partial charge on any atom is -0.378 e. The maximum Gasteiger partial charge on any atom is 0.225 e. The van der Waals surface area contributed by atoms with Crippen molar-refractivity contribution in [2.24, 2.45) is 5.92 Å². The monoisotopic (exact) mass is 380 g/mol. The average molecular weight is 380 g/mol. The van der Waals surface area contributed by atoms with E-state index < -0.39 is 0 Å². The molecule has 0 spiro atoms. The molecule has 4 rings (SSSR count). The zero-order valence-corrected chi connectivity index (χ0v) is 16.3. The number of morpholine rings is 1. The summed E-state index contributed by atoms with van der Waals surface area (Å²) in [6.07, 6.45) is 6.32. The van der Waals surface area contributed by atoms with Gasteiger partial charge in [-0.25, -0.2) is 9.97 Å². The third-order valence-electron chi connectivity index (χ3n) is 5.59. The van der Waals surface area contributed by atoms with E-state index in [0.717, 1.165) is 82.2 Å². The van der Waals surface area contributed by atoms with Crippen molar-refractivity contribution in [1.82, 2.24) is 15.3 Å². The third kappa shape index (κ3) is 4.68. The first kappa shape index (κ1) is 18.9. The molecule has 1 atom stereocenters. The second kappa shape index (κ2) is 9.15. The van der Waals surface area contributed by atoms with Gasteiger partial charge in [0, 0.05) is 37.4 Å². The number of nitrogens with zero attached hydrogens (tertiary/aromatic N) is 3. The van der Waals surface area contributed by atoms with Gasteiger partial charge in [0.05, 0.1) is 13.2 Å². The summed E-state index contributed by atoms with van der Waals surface area (Å²) in [5.74, 6) is 0.990. The van der Waals surface area contributed by atoms with Crippen LogP contribution < -0.4 is 10.2 Å². The number of aryl methyl sites for hydroxylation is 2. The summed E-state index contributed by atoms with van der Waals surface area (Å²) >= 11 is 0. The Bertz CT molecular complexity index is 790. The number of hydrogen-bond donors (Lipinski definition) is 1. The van der Waals surface area contributed by atoms with E-state index in [-0.39, 0.29) is 11.8 Å². The van der Waals surface area contributed by atoms with E-state index in [0.29, 0.717) is 0 Å². The number of ether oxygens (including phenoxy) is 1. The molecule has 1 saturated heterocycles. The molecule has 1 aromatic carbocycles. The molecule has 6 heteroatoms. The van der Waals surface area contributed by atoms with Gasteiger partial charge >= 0.3 is 0 Å². The molecule has 1 aliphatic heterocycles. The van der Waals surface area contributed by atoms with E-state index in [1.165, 1.54) is 5.56 Å². The smallest absolute Gasteiger partial charge is 0.225 e. The first-order chi connectivity index (χ1) is 13.8. The van der Waals surface area contributed by atoms with Gasteiger partial charge in [-0.3, -0.25) is 4.79 Å². The number of nitrogens with one attached hydrogen (secondary N) is 1. The van der Waals surface area contributed by atoms with Crippen LogP contribution in [0.4, 0.5) is 5.95 Å². The van der Waals surface area contributed by atoms with Crippen LogP contribution in [0, 0.1) is 5.92 Å². The lowest BCUT2D eigenvalue weighted by Gasteiger charge is -2.28. The number of anilines is 1. The van der Waals surface area contributed by atoms with Gasteiger partial charge in [0.25, 0.3) is 0 Å². The van der Waals surface area contributed by atoms with Gasteiger partial charge in [0.2, 0.25) is 11.9 Å². The van der Waals surface area contributed by atoms with Crippen molar-refractivity contribution in [2.75, 3.05) is 37.7 Å². The minimum atomic E-state index is 0.0297. The Morgan fingerprint density at radius 3 is 2.86 bits per heavy atom. The highest BCUT2D eigenvalue weighted by atomic mass is 16.5. The number of carbonyl (C=O) groups is 1. The Hall–Kier alpha value is -2.47. The number of fused-ring (bicyclic) bond motifs is 1. The highest BCUT2D eigenvalue weighted by molar-refractivity contribution is 5.79. The van der Waals surface area contributed by atoms with Gasteiger partial charge in [-0.05, 0) is 43.2 Å². The van der Waals surface area contributed by atoms with Crippen molar-refractivity contribution >= 4 is 11.9 Å². The highest BCUT2D eigenvalue weighted by Gasteiger charge is 2.26. The molecule has 6 nitrogen and oxygen atoms in total. The van der Waals surface area contributed by atoms with Gasteiger partial charge in [0.1, 0.15) is 0 Å². The Morgan fingerprint density at radius 1 is 1.21 bits per heavy atom. The molecule has 0 saturated carbocycles. The van der Waals surface area contributed by atoms with E-state index in [4.69, 9.17) is 9.72 Å². The largest absolute Gasteiger partial charge is 0.378 e. The lowest BCUT2D eigenvalue weighted by molar-refractivity contribution is -0.125. The SMILES string of the molecule is O=C(NCCCc1ccccc1)[C@@H]1CCc2nc(N3CCOCC3)ncc2C1. The Kier molecular flexibility index (Phi) is 6.17. The Morgan fingerprint density at radius 2 is 2.04 bits per heavy atom. The van der Waals surface area contributed by atoms with Crippen LogP contribution in [0.3, 0.4) is 0 Å². The summed E-state index contributed by atoms with van der Waals surface area (Å²) in [5, 5.41) is 3.11. The maximum atomic E-state index is 12.6. The zero-order chi connectivity index (χ0) is 19.2. The van der Waals surface area contributed by atoms with Crippen molar-refractivity contribution in [3.8, 4) is 0 Å². The van der Waals surface area contributed by atoms with Crippen LogP contribution in [0.2, 0.25) is 0 Å². The normalized spacial score (nSPS) is 19.1. The molecule has 1 amide bonds. The molecule has 0 bridgehead atoms. The third-order valence-corrected chi connectivity index (χ3v) is 5.59. The summed E-state index contributed by atoms with van der Waals surface area (Å²) in [7, 11) is 0. The molecule has 0 unspecified atom stereocenters. The van der Waals surface area contributed by atoms with Crippen molar-refractivity contribution < 1.29 is 9.53 Å². The van der Waals surface area contributed by atoms with Gasteiger partial charge in [-0.2, -0.15) is 0 Å². The fourth-order valence-electron chi connectivity index (χ4n) is 3.93. The number of rotatable bonds is 6. The molecule has 1 N–H and O–H groups in total. The maximum absolute atomic E-state index is 12.6. The van der Waals surface area contributed by atoms with Gasteiger partial charge in [-0.1, -0.05) is 30.3 Å². The van der Waals surface area contributed by atoms with Gasteiger partial charge < -0.3 is 15.0 Å². The summed E-state index contributed by atoms with van der Waals surface area (Å²) in [4.78, 5) is 24.0. The van der Waals surface area contributed by atoms with E-state index in [1.54, 1.807) is 0 Å². The van der Waals surface area contributed by atoms with Crippen molar-refractivity contribution in [3.05, 3.63) is 53.3 Å². The molecule has 2 heterocycles. The molecule has 0 radical (unpaired) electrons. The van der Waals surface area contributed by atoms with Crippen molar-refractivity contribution in [3.63, 3.8) is 0 Å². The number of aromatic nitrogens is 2. The van der Waals surface area contributed by atoms with Crippen molar-refractivity contribution in [2.45, 2.75) is 32.1 Å². The Labute approximate surface area is 166 Å². The van der Waals surface area contributed by atoms with Crippen LogP contribution in [0.25, 0.3) is 0 Å². The van der Waals surface area contributed by atoms with E-state index in [2.05, 4.69) is 39.5 Å². The van der Waals surface area contributed by atoms with Crippen LogP contribution in [-0.2, 0) is 28.8 Å². The number of carbonyl (C=O) groups excluding carboxylic acids is 1. The van der Waals surface area contributed by atoms with E-state index >= 15 is 0 Å². The molecule has 1 aromatic heterocycles. The summed E-state index contributed by atoms with van der Waals surface area (Å²) < 4.78 is 5.40. The molecular formula is C22H28N4O2. The molecule has 2 aliphatic rings. The summed E-state index contributed by atoms with van der Waals surface area (Å²) in [6.45, 7) is 3.86. The first-order valence-electron chi connectivity index (χ1n) is 10.3. The molecule has 28 heavy (non-hydrogen) atoms. The zero-order valence-electron chi connectivity index (χ0n) is 16.3. The predicted molar refractivity (Wildman–Crippen MR) is 108 cm³/mol. The number of benzene rings is 1. The van der Waals surface area contributed by atoms with Crippen LogP contribution in [0.1, 0.15) is 29.7 Å². The van der Waals surface area contributed by atoms with E-state index in [1.807, 2.05) is 12.3 Å². The topological polar surface area (TPSA) is 67.4 Å². The van der Waals surface area contributed by atoms with E-state index in [9.17, 15) is 4.79 Å². The first-order valence-corrected chi connectivity index (χ1v) is 10.3. The fourth-order valence-corrected chi connectivity index (χ4v) is 3.93. The van der Waals surface area contributed by atoms with Crippen LogP contribution in [0.5, 0.6) is 0 Å². The highest BCUT2D eigenvalue weighted by Crippen LogP contribution is 2.25. The minimum absolute atomic E-state index is 0.0297. The number of hydrogen-bond acceptors (Lipinski definition) is 5. The molecule has 2 aromatic rings. The van der Waals surface area contributed by atoms with Gasteiger partial charge in [-0.15, -0.1) is 0 Å². The summed E-state index contributed by atoms with van der Waals surface area (Å²) in [6, 6.07) is 10.4. The van der Waals surface area contributed by atoms with Crippen LogP contribution >= 0.6 is 0 Å². The standard InChI is InChI=1S/C22H28N4O2/c27-21(23-10-4-7-17-5-2-1-3-6-17)18-8-9-20-19(15-18)16-24-22(25-20)26-11-13-28-14-12-26/h1-3,5-6,16,18H,4,7-15H2,(H,23,27)/t18-/m1/s1. The second-order valence-electron chi connectivity index (χ2n) is 7.56. The Balaban J connectivity index is 1.26. The van der Waals surface area contributed by atoms with Gasteiger partial charge in [0.15, 0.2) is 0 Å². The van der Waals surface area contributed by atoms with Crippen LogP contribution in [-0.4, -0.2) is 48.7 Å². The molecule has 1 aliphatic carbocycles. The predicted octanol–water partition coefficient (Wildman–Crippen LogP) is 2.17. The summed E-state index contributed by atoms with van der Waals surface area (Å²) in [5.41, 5.74) is 3.54. The molecular weight excluding hydrogens is 352 g/mol. The fraction of sp³-hybridized carbons (Fsp3) is 0.500. The van der Waals surface area contributed by atoms with Crippen molar-refractivity contribution in [1.29, 1.82) is 0 Å². The van der Waals surface area contributed by atoms with Crippen LogP contribution in [0.15, 0.2) is 36.5 Å².